The van der Waals surface area contributed by atoms with Gasteiger partial charge in [0.25, 0.3) is 5.91 Å². The first-order valence-corrected chi connectivity index (χ1v) is 12.8. The van der Waals surface area contributed by atoms with E-state index in [0.29, 0.717) is 34.3 Å². The summed E-state index contributed by atoms with van der Waals surface area (Å²) in [7, 11) is 0. The van der Waals surface area contributed by atoms with Crippen molar-refractivity contribution in [2.24, 2.45) is 0 Å². The molecule has 3 aromatic heterocycles. The van der Waals surface area contributed by atoms with Crippen LogP contribution >= 0.6 is 0 Å². The van der Waals surface area contributed by atoms with Gasteiger partial charge in [-0.2, -0.15) is 5.10 Å². The molecule has 0 saturated carbocycles. The average Bonchev–Trinajstić information content (AvgIpc) is 3.34. The fraction of sp³-hybridized carbons (Fsp3) is 0.0625. The number of rotatable bonds is 6. The van der Waals surface area contributed by atoms with Crippen LogP contribution in [-0.4, -0.2) is 25.5 Å². The van der Waals surface area contributed by atoms with Gasteiger partial charge in [-0.05, 0) is 74.0 Å². The zero-order valence-electron chi connectivity index (χ0n) is 21.9. The summed E-state index contributed by atoms with van der Waals surface area (Å²) in [6.07, 6.45) is 3.53. The number of nitrogens with one attached hydrogen (secondary N) is 2. The van der Waals surface area contributed by atoms with Gasteiger partial charge in [-0.3, -0.25) is 4.79 Å². The summed E-state index contributed by atoms with van der Waals surface area (Å²) in [5.74, 6) is -0.188. The highest BCUT2D eigenvalue weighted by molar-refractivity contribution is 6.05. The van der Waals surface area contributed by atoms with Crippen molar-refractivity contribution < 1.29 is 9.18 Å². The molecule has 0 fully saturated rings. The van der Waals surface area contributed by atoms with Crippen LogP contribution in [0.1, 0.15) is 21.5 Å². The molecule has 1 amide bonds. The molecule has 196 valence electrons. The Bertz CT molecular complexity index is 1880. The number of benzene rings is 3. The first-order chi connectivity index (χ1) is 19.4. The average molecular weight is 529 g/mol. The molecule has 0 radical (unpaired) electrons. The fourth-order valence-corrected chi connectivity index (χ4v) is 4.63. The van der Waals surface area contributed by atoms with Crippen LogP contribution in [0.4, 0.5) is 21.7 Å². The molecule has 0 saturated heterocycles. The van der Waals surface area contributed by atoms with E-state index >= 15 is 0 Å². The van der Waals surface area contributed by atoms with Crippen molar-refractivity contribution in [2.75, 3.05) is 10.6 Å². The first kappa shape index (κ1) is 24.9. The molecule has 40 heavy (non-hydrogen) atoms. The number of nitrogens with zero attached hydrogens (tertiary/aromatic N) is 4. The molecular formula is C32H25FN6O. The first-order valence-electron chi connectivity index (χ1n) is 12.8. The van der Waals surface area contributed by atoms with Gasteiger partial charge in [0.05, 0.1) is 16.8 Å². The molecule has 0 aliphatic rings. The van der Waals surface area contributed by atoms with Gasteiger partial charge in [0.15, 0.2) is 0 Å². The summed E-state index contributed by atoms with van der Waals surface area (Å²) in [4.78, 5) is 22.2. The highest BCUT2D eigenvalue weighted by Gasteiger charge is 2.19. The number of aryl methyl sites for hydroxylation is 2. The molecule has 0 spiro atoms. The molecule has 0 aliphatic heterocycles. The second kappa shape index (κ2) is 10.4. The Hall–Kier alpha value is -5.37. The maximum atomic E-state index is 13.7. The fourth-order valence-electron chi connectivity index (χ4n) is 4.63. The van der Waals surface area contributed by atoms with Crippen LogP contribution in [0.25, 0.3) is 28.0 Å². The van der Waals surface area contributed by atoms with Crippen molar-refractivity contribution >= 4 is 28.7 Å². The molecule has 3 heterocycles. The molecule has 0 bridgehead atoms. The van der Waals surface area contributed by atoms with Crippen LogP contribution in [0.5, 0.6) is 0 Å². The second-order valence-electron chi connectivity index (χ2n) is 9.51. The Balaban J connectivity index is 1.39. The number of hydrogen-bond acceptors (Lipinski definition) is 5. The molecule has 3 aromatic carbocycles. The van der Waals surface area contributed by atoms with Crippen molar-refractivity contribution in [3.8, 4) is 22.5 Å². The van der Waals surface area contributed by atoms with Crippen LogP contribution in [0.15, 0.2) is 103 Å². The van der Waals surface area contributed by atoms with E-state index in [4.69, 9.17) is 10.1 Å². The van der Waals surface area contributed by atoms with E-state index in [1.807, 2.05) is 86.8 Å². The van der Waals surface area contributed by atoms with Gasteiger partial charge in [-0.15, -0.1) is 0 Å². The Morgan fingerprint density at radius 1 is 0.875 bits per heavy atom. The van der Waals surface area contributed by atoms with Gasteiger partial charge in [0.1, 0.15) is 11.5 Å². The van der Waals surface area contributed by atoms with Crippen LogP contribution in [0.2, 0.25) is 0 Å². The van der Waals surface area contributed by atoms with E-state index in [9.17, 15) is 9.18 Å². The lowest BCUT2D eigenvalue weighted by Crippen LogP contribution is -2.13. The Morgan fingerprint density at radius 2 is 1.73 bits per heavy atom. The maximum Gasteiger partial charge on any atom is 0.255 e. The number of fused-ring (bicyclic) bond motifs is 1. The largest absolute Gasteiger partial charge is 0.324 e. The third-order valence-electron chi connectivity index (χ3n) is 6.56. The molecule has 0 atom stereocenters. The quantitative estimate of drug-likeness (QED) is 0.239. The Kier molecular flexibility index (Phi) is 6.49. The second-order valence-corrected chi connectivity index (χ2v) is 9.51. The molecule has 6 aromatic rings. The number of anilines is 3. The zero-order chi connectivity index (χ0) is 27.6. The van der Waals surface area contributed by atoms with Crippen LogP contribution < -0.4 is 10.6 Å². The van der Waals surface area contributed by atoms with E-state index in [1.54, 1.807) is 22.8 Å². The van der Waals surface area contributed by atoms with E-state index in [2.05, 4.69) is 15.6 Å². The topological polar surface area (TPSA) is 84.2 Å². The summed E-state index contributed by atoms with van der Waals surface area (Å²) in [5.41, 5.74) is 7.60. The third-order valence-corrected chi connectivity index (χ3v) is 6.56. The van der Waals surface area contributed by atoms with E-state index in [0.717, 1.165) is 27.8 Å². The van der Waals surface area contributed by atoms with Gasteiger partial charge in [-0.25, -0.2) is 18.9 Å². The van der Waals surface area contributed by atoms with Gasteiger partial charge < -0.3 is 10.6 Å². The summed E-state index contributed by atoms with van der Waals surface area (Å²) < 4.78 is 15.5. The normalized spacial score (nSPS) is 11.0. The molecular weight excluding hydrogens is 503 g/mol. The van der Waals surface area contributed by atoms with E-state index in [-0.39, 0.29) is 11.7 Å². The van der Waals surface area contributed by atoms with Gasteiger partial charge in [0, 0.05) is 34.9 Å². The maximum absolute atomic E-state index is 13.7. The smallest absolute Gasteiger partial charge is 0.255 e. The number of carbonyl (C=O) groups is 1. The van der Waals surface area contributed by atoms with Crippen LogP contribution in [-0.2, 0) is 0 Å². The van der Waals surface area contributed by atoms with E-state index < -0.39 is 0 Å². The minimum absolute atomic E-state index is 0.169. The summed E-state index contributed by atoms with van der Waals surface area (Å²) in [6.45, 7) is 3.89. The summed E-state index contributed by atoms with van der Waals surface area (Å²) >= 11 is 0. The minimum atomic E-state index is -0.351. The van der Waals surface area contributed by atoms with Crippen LogP contribution in [0, 0.1) is 19.7 Å². The van der Waals surface area contributed by atoms with Gasteiger partial charge in [-0.1, -0.05) is 42.0 Å². The van der Waals surface area contributed by atoms with Crippen molar-refractivity contribution in [1.29, 1.82) is 0 Å². The van der Waals surface area contributed by atoms with Crippen molar-refractivity contribution in [2.45, 2.75) is 13.8 Å². The number of aromatic nitrogens is 4. The van der Waals surface area contributed by atoms with Crippen molar-refractivity contribution in [1.82, 2.24) is 19.6 Å². The highest BCUT2D eigenvalue weighted by Crippen LogP contribution is 2.35. The number of halogens is 1. The lowest BCUT2D eigenvalue weighted by Gasteiger charge is -2.10. The zero-order valence-corrected chi connectivity index (χ0v) is 21.9. The predicted octanol–water partition coefficient (Wildman–Crippen LogP) is 7.21. The lowest BCUT2D eigenvalue weighted by atomic mass is 10.0. The van der Waals surface area contributed by atoms with Crippen molar-refractivity contribution in [3.63, 3.8) is 0 Å². The Morgan fingerprint density at radius 3 is 2.60 bits per heavy atom. The standard InChI is InChI=1S/C32H25FN6O/c1-20-12-13-21(2)26(17-20)31(40)35-24-9-5-7-22(18-24)30-29(28-11-3-4-16-39(28)38-30)27-14-15-34-32(37-27)36-25-10-6-8-23(33)19-25/h3-19H,1-2H3,(H,35,40)(H,34,36,37). The molecule has 0 aliphatic carbocycles. The van der Waals surface area contributed by atoms with Crippen molar-refractivity contribution in [3.05, 3.63) is 126 Å². The van der Waals surface area contributed by atoms with Crippen LogP contribution in [0.3, 0.4) is 0 Å². The number of hydrogen-bond donors (Lipinski definition) is 2. The highest BCUT2D eigenvalue weighted by atomic mass is 19.1. The monoisotopic (exact) mass is 528 g/mol. The minimum Gasteiger partial charge on any atom is -0.324 e. The number of pyridine rings is 1. The molecule has 6 rings (SSSR count). The van der Waals surface area contributed by atoms with Gasteiger partial charge >= 0.3 is 0 Å². The third kappa shape index (κ3) is 5.02. The molecule has 8 heteroatoms. The molecule has 7 nitrogen and oxygen atoms in total. The Labute approximate surface area is 230 Å². The molecule has 2 N–H and O–H groups in total. The SMILES string of the molecule is Cc1ccc(C)c(C(=O)Nc2cccc(-c3nn4ccccc4c3-c3ccnc(Nc4cccc(F)c4)n3)c2)c1. The van der Waals surface area contributed by atoms with Gasteiger partial charge in [0.2, 0.25) is 5.95 Å². The number of amides is 1. The molecule has 0 unspecified atom stereocenters. The summed E-state index contributed by atoms with van der Waals surface area (Å²) in [5, 5.41) is 11.0. The lowest BCUT2D eigenvalue weighted by molar-refractivity contribution is 0.102. The van der Waals surface area contributed by atoms with E-state index in [1.165, 1.54) is 12.1 Å². The number of carbonyl (C=O) groups excluding carboxylic acids is 1. The predicted molar refractivity (Wildman–Crippen MR) is 155 cm³/mol. The summed E-state index contributed by atoms with van der Waals surface area (Å²) in [6, 6.07) is 27.2.